The molecule has 0 bridgehead atoms. The number of methoxy groups -OCH3 is 1. The number of nitrogens with one attached hydrogen (secondary N) is 1. The molecule has 0 aliphatic rings. The van der Waals surface area contributed by atoms with Gasteiger partial charge in [-0.2, -0.15) is 0 Å². The number of rotatable bonds is 8. The average molecular weight is 350 g/mol. The van der Waals surface area contributed by atoms with E-state index in [9.17, 15) is 4.79 Å². The maximum atomic E-state index is 11.9. The van der Waals surface area contributed by atoms with Gasteiger partial charge in [0.15, 0.2) is 0 Å². The van der Waals surface area contributed by atoms with Crippen molar-refractivity contribution >= 4 is 23.2 Å². The minimum absolute atomic E-state index is 0.183. The second kappa shape index (κ2) is 9.22. The van der Waals surface area contributed by atoms with Gasteiger partial charge in [-0.25, -0.2) is 0 Å². The van der Waals surface area contributed by atoms with Gasteiger partial charge in [-0.1, -0.05) is 17.7 Å². The summed E-state index contributed by atoms with van der Waals surface area (Å²) >= 11 is 6.20. The van der Waals surface area contributed by atoms with E-state index in [0.717, 1.165) is 5.69 Å². The van der Waals surface area contributed by atoms with Crippen LogP contribution in [0.15, 0.2) is 42.6 Å². The molecule has 128 valence electrons. The van der Waals surface area contributed by atoms with Gasteiger partial charge in [0.2, 0.25) is 5.91 Å². The van der Waals surface area contributed by atoms with Gasteiger partial charge in [-0.15, -0.1) is 0 Å². The summed E-state index contributed by atoms with van der Waals surface area (Å²) in [5.41, 5.74) is 6.89. The fourth-order valence-electron chi connectivity index (χ4n) is 2.01. The lowest BCUT2D eigenvalue weighted by molar-refractivity contribution is -0.118. The summed E-state index contributed by atoms with van der Waals surface area (Å²) in [4.78, 5) is 16.1. The fourth-order valence-corrected chi connectivity index (χ4v) is 2.25. The fraction of sp³-hybridized carbons (Fsp3) is 0.294. The molecular formula is C17H20ClN3O3. The molecule has 0 saturated carbocycles. The first kappa shape index (κ1) is 18.2. The molecule has 24 heavy (non-hydrogen) atoms. The molecule has 6 nitrogen and oxygen atoms in total. The summed E-state index contributed by atoms with van der Waals surface area (Å²) in [7, 11) is 1.52. The molecule has 1 amide bonds. The molecule has 3 N–H and O–H groups in total. The minimum atomic E-state index is -0.304. The SMILES string of the molecule is COC(CN)CC(=O)Nc1ccc(OCc2ccccn2)c(Cl)c1. The Kier molecular flexibility index (Phi) is 6.99. The quantitative estimate of drug-likeness (QED) is 0.765. The topological polar surface area (TPSA) is 86.5 Å². The normalized spacial score (nSPS) is 11.8. The van der Waals surface area contributed by atoms with Gasteiger partial charge in [0.25, 0.3) is 0 Å². The maximum Gasteiger partial charge on any atom is 0.227 e. The number of benzene rings is 1. The molecule has 1 aromatic heterocycles. The molecular weight excluding hydrogens is 330 g/mol. The van der Waals surface area contributed by atoms with Crippen molar-refractivity contribution in [3.05, 3.63) is 53.3 Å². The van der Waals surface area contributed by atoms with Crippen molar-refractivity contribution in [1.82, 2.24) is 4.98 Å². The molecule has 7 heteroatoms. The Hall–Kier alpha value is -2.15. The van der Waals surface area contributed by atoms with E-state index in [1.54, 1.807) is 24.4 Å². The van der Waals surface area contributed by atoms with Crippen molar-refractivity contribution < 1.29 is 14.3 Å². The van der Waals surface area contributed by atoms with Crippen LogP contribution in [0.5, 0.6) is 5.75 Å². The molecule has 2 rings (SSSR count). The third kappa shape index (κ3) is 5.49. The predicted octanol–water partition coefficient (Wildman–Crippen LogP) is 2.62. The smallest absolute Gasteiger partial charge is 0.227 e. The minimum Gasteiger partial charge on any atom is -0.486 e. The number of anilines is 1. The first-order valence-electron chi connectivity index (χ1n) is 7.47. The number of hydrogen-bond donors (Lipinski definition) is 2. The van der Waals surface area contributed by atoms with Crippen LogP contribution in [0.25, 0.3) is 0 Å². The average Bonchev–Trinajstić information content (AvgIpc) is 2.60. The summed E-state index contributed by atoms with van der Waals surface area (Å²) in [6.07, 6.45) is 1.58. The van der Waals surface area contributed by atoms with Crippen molar-refractivity contribution in [2.24, 2.45) is 5.73 Å². The van der Waals surface area contributed by atoms with Gasteiger partial charge in [0.1, 0.15) is 12.4 Å². The number of nitrogens with zero attached hydrogens (tertiary/aromatic N) is 1. The highest BCUT2D eigenvalue weighted by Gasteiger charge is 2.12. The van der Waals surface area contributed by atoms with E-state index in [1.807, 2.05) is 18.2 Å². The van der Waals surface area contributed by atoms with Gasteiger partial charge in [0, 0.05) is 25.5 Å². The Morgan fingerprint density at radius 3 is 2.83 bits per heavy atom. The highest BCUT2D eigenvalue weighted by Crippen LogP contribution is 2.28. The van der Waals surface area contributed by atoms with Crippen LogP contribution in [0.1, 0.15) is 12.1 Å². The molecule has 1 heterocycles. The van der Waals surface area contributed by atoms with Gasteiger partial charge in [-0.05, 0) is 30.3 Å². The number of pyridine rings is 1. The standard InChI is InChI=1S/C17H20ClN3O3/c1-23-14(10-19)9-17(22)21-12-5-6-16(15(18)8-12)24-11-13-4-2-3-7-20-13/h2-8,14H,9-11,19H2,1H3,(H,21,22). The van der Waals surface area contributed by atoms with Gasteiger partial charge in [0.05, 0.1) is 23.2 Å². The second-order valence-corrected chi connectivity index (χ2v) is 5.51. The lowest BCUT2D eigenvalue weighted by Gasteiger charge is -2.13. The zero-order valence-electron chi connectivity index (χ0n) is 13.4. The molecule has 0 aliphatic carbocycles. The van der Waals surface area contributed by atoms with Crippen LogP contribution < -0.4 is 15.8 Å². The Labute approximate surface area is 145 Å². The van der Waals surface area contributed by atoms with E-state index in [1.165, 1.54) is 7.11 Å². The molecule has 1 atom stereocenters. The van der Waals surface area contributed by atoms with Crippen LogP contribution in [0.2, 0.25) is 5.02 Å². The summed E-state index contributed by atoms with van der Waals surface area (Å²) < 4.78 is 10.7. The lowest BCUT2D eigenvalue weighted by Crippen LogP contribution is -2.28. The first-order chi connectivity index (χ1) is 11.6. The van der Waals surface area contributed by atoms with E-state index >= 15 is 0 Å². The highest BCUT2D eigenvalue weighted by atomic mass is 35.5. The summed E-state index contributed by atoms with van der Waals surface area (Å²) in [5.74, 6) is 0.336. The Balaban J connectivity index is 1.93. The number of aromatic nitrogens is 1. The van der Waals surface area contributed by atoms with E-state index in [4.69, 9.17) is 26.8 Å². The van der Waals surface area contributed by atoms with Crippen LogP contribution in [-0.4, -0.2) is 30.6 Å². The van der Waals surface area contributed by atoms with Crippen molar-refractivity contribution in [3.63, 3.8) is 0 Å². The van der Waals surface area contributed by atoms with Crippen molar-refractivity contribution in [1.29, 1.82) is 0 Å². The molecule has 1 unspecified atom stereocenters. The van der Waals surface area contributed by atoms with E-state index < -0.39 is 0 Å². The Morgan fingerprint density at radius 1 is 1.38 bits per heavy atom. The Morgan fingerprint density at radius 2 is 2.21 bits per heavy atom. The number of carbonyl (C=O) groups is 1. The summed E-state index contributed by atoms with van der Waals surface area (Å²) in [6, 6.07) is 10.7. The third-order valence-corrected chi connectivity index (χ3v) is 3.62. The molecule has 0 radical (unpaired) electrons. The number of ether oxygens (including phenoxy) is 2. The van der Waals surface area contributed by atoms with E-state index in [2.05, 4.69) is 10.3 Å². The van der Waals surface area contributed by atoms with Gasteiger partial charge < -0.3 is 20.5 Å². The second-order valence-electron chi connectivity index (χ2n) is 5.10. The van der Waals surface area contributed by atoms with Gasteiger partial charge in [-0.3, -0.25) is 9.78 Å². The monoisotopic (exact) mass is 349 g/mol. The van der Waals surface area contributed by atoms with E-state index in [0.29, 0.717) is 23.1 Å². The van der Waals surface area contributed by atoms with Crippen LogP contribution in [-0.2, 0) is 16.1 Å². The maximum absolute atomic E-state index is 11.9. The number of nitrogens with two attached hydrogens (primary N) is 1. The number of amides is 1. The van der Waals surface area contributed by atoms with Crippen LogP contribution in [0.3, 0.4) is 0 Å². The predicted molar refractivity (Wildman–Crippen MR) is 93.1 cm³/mol. The lowest BCUT2D eigenvalue weighted by atomic mass is 10.2. The highest BCUT2D eigenvalue weighted by molar-refractivity contribution is 6.32. The third-order valence-electron chi connectivity index (χ3n) is 3.33. The molecule has 0 saturated heterocycles. The van der Waals surface area contributed by atoms with Crippen LogP contribution in [0.4, 0.5) is 5.69 Å². The molecule has 0 aliphatic heterocycles. The number of halogens is 1. The van der Waals surface area contributed by atoms with Crippen molar-refractivity contribution in [3.8, 4) is 5.75 Å². The van der Waals surface area contributed by atoms with Crippen molar-refractivity contribution in [2.75, 3.05) is 19.0 Å². The summed E-state index contributed by atoms with van der Waals surface area (Å²) in [6.45, 7) is 0.600. The van der Waals surface area contributed by atoms with E-state index in [-0.39, 0.29) is 25.0 Å². The molecule has 0 fully saturated rings. The molecule has 1 aromatic carbocycles. The first-order valence-corrected chi connectivity index (χ1v) is 7.85. The molecule has 2 aromatic rings. The summed E-state index contributed by atoms with van der Waals surface area (Å²) in [5, 5.41) is 3.16. The largest absolute Gasteiger partial charge is 0.486 e. The molecule has 0 spiro atoms. The zero-order chi connectivity index (χ0) is 17.4. The Bertz CT molecular complexity index is 663. The zero-order valence-corrected chi connectivity index (χ0v) is 14.1. The number of hydrogen-bond acceptors (Lipinski definition) is 5. The number of carbonyl (C=O) groups excluding carboxylic acids is 1. The van der Waals surface area contributed by atoms with Crippen LogP contribution >= 0.6 is 11.6 Å². The van der Waals surface area contributed by atoms with Crippen LogP contribution in [0, 0.1) is 0 Å². The van der Waals surface area contributed by atoms with Gasteiger partial charge >= 0.3 is 0 Å². The van der Waals surface area contributed by atoms with Crippen molar-refractivity contribution in [2.45, 2.75) is 19.1 Å².